The SMILES string of the molecule is CC1(O)CCC(Nc2cc(Nc3cncc(-c4cnn(S(=O)(=O)C5CC5)c4)n3)ncc2-c2ccn(C(F)F)n2)CC1. The lowest BCUT2D eigenvalue weighted by Gasteiger charge is -2.34. The quantitative estimate of drug-likeness (QED) is 0.261. The fourth-order valence-electron chi connectivity index (χ4n) is 4.83. The summed E-state index contributed by atoms with van der Waals surface area (Å²) in [4.78, 5) is 13.2. The van der Waals surface area contributed by atoms with Crippen LogP contribution < -0.4 is 10.6 Å². The maximum Gasteiger partial charge on any atom is 0.333 e. The number of aliphatic hydroxyl groups is 1. The minimum Gasteiger partial charge on any atom is -0.390 e. The highest BCUT2D eigenvalue weighted by Crippen LogP contribution is 2.35. The van der Waals surface area contributed by atoms with Crippen LogP contribution in [0.15, 0.2) is 49.3 Å². The molecule has 0 unspecified atom stereocenters. The Labute approximate surface area is 234 Å². The zero-order valence-electron chi connectivity index (χ0n) is 22.2. The molecule has 4 heterocycles. The van der Waals surface area contributed by atoms with E-state index < -0.39 is 27.4 Å². The summed E-state index contributed by atoms with van der Waals surface area (Å²) >= 11 is 0. The van der Waals surface area contributed by atoms with Crippen molar-refractivity contribution in [3.8, 4) is 22.5 Å². The van der Waals surface area contributed by atoms with Gasteiger partial charge in [-0.1, -0.05) is 0 Å². The lowest BCUT2D eigenvalue weighted by atomic mass is 9.83. The van der Waals surface area contributed by atoms with E-state index in [2.05, 4.69) is 35.8 Å². The first-order chi connectivity index (χ1) is 19.6. The van der Waals surface area contributed by atoms with E-state index in [1.807, 2.05) is 6.92 Å². The summed E-state index contributed by atoms with van der Waals surface area (Å²) in [6.07, 6.45) is 12.7. The zero-order chi connectivity index (χ0) is 28.8. The molecule has 0 bridgehead atoms. The van der Waals surface area contributed by atoms with Gasteiger partial charge >= 0.3 is 6.55 Å². The van der Waals surface area contributed by atoms with Crippen molar-refractivity contribution in [2.24, 2.45) is 0 Å². The number of hydrogen-bond donors (Lipinski definition) is 3. The molecule has 0 aromatic carbocycles. The van der Waals surface area contributed by atoms with E-state index in [0.717, 1.165) is 16.9 Å². The Balaban J connectivity index is 1.26. The Hall–Kier alpha value is -3.98. The largest absolute Gasteiger partial charge is 0.390 e. The molecule has 0 radical (unpaired) electrons. The zero-order valence-corrected chi connectivity index (χ0v) is 23.0. The second-order valence-electron chi connectivity index (χ2n) is 10.7. The van der Waals surface area contributed by atoms with Gasteiger partial charge < -0.3 is 15.7 Å². The number of aromatic nitrogens is 7. The van der Waals surface area contributed by atoms with Crippen molar-refractivity contribution in [3.05, 3.63) is 49.3 Å². The van der Waals surface area contributed by atoms with E-state index in [0.29, 0.717) is 70.2 Å². The van der Waals surface area contributed by atoms with Gasteiger partial charge in [-0.05, 0) is 51.5 Å². The molecule has 15 heteroatoms. The van der Waals surface area contributed by atoms with Gasteiger partial charge in [0.1, 0.15) is 5.82 Å². The molecule has 3 N–H and O–H groups in total. The van der Waals surface area contributed by atoms with Crippen LogP contribution in [0.5, 0.6) is 0 Å². The molecule has 2 fully saturated rings. The molecule has 0 spiro atoms. The van der Waals surface area contributed by atoms with Gasteiger partial charge in [-0.3, -0.25) is 4.98 Å². The number of anilines is 3. The maximum atomic E-state index is 13.2. The molecule has 41 heavy (non-hydrogen) atoms. The molecule has 0 aliphatic heterocycles. The first-order valence-electron chi connectivity index (χ1n) is 13.3. The normalized spacial score (nSPS) is 21.2. The van der Waals surface area contributed by atoms with Gasteiger partial charge in [-0.2, -0.15) is 23.1 Å². The number of nitrogens with zero attached hydrogens (tertiary/aromatic N) is 7. The summed E-state index contributed by atoms with van der Waals surface area (Å²) in [7, 11) is -3.50. The number of halogens is 2. The van der Waals surface area contributed by atoms with Gasteiger partial charge in [0.2, 0.25) is 0 Å². The van der Waals surface area contributed by atoms with Crippen molar-refractivity contribution in [2.45, 2.75) is 68.9 Å². The van der Waals surface area contributed by atoms with Crippen LogP contribution in [0, 0.1) is 0 Å². The highest BCUT2D eigenvalue weighted by Gasteiger charge is 2.37. The molecule has 2 aliphatic carbocycles. The van der Waals surface area contributed by atoms with Gasteiger partial charge in [0, 0.05) is 41.3 Å². The second kappa shape index (κ2) is 10.4. The maximum absolute atomic E-state index is 13.2. The smallest absolute Gasteiger partial charge is 0.333 e. The molecule has 4 aromatic rings. The molecule has 4 aromatic heterocycles. The third-order valence-electron chi connectivity index (χ3n) is 7.36. The number of pyridine rings is 1. The minimum atomic E-state index is -3.50. The summed E-state index contributed by atoms with van der Waals surface area (Å²) in [5.41, 5.74) is 1.76. The third kappa shape index (κ3) is 5.91. The van der Waals surface area contributed by atoms with Crippen molar-refractivity contribution >= 4 is 27.3 Å². The fourth-order valence-corrected chi connectivity index (χ4v) is 6.31. The summed E-state index contributed by atoms with van der Waals surface area (Å²) in [6.45, 7) is -0.937. The molecule has 216 valence electrons. The Morgan fingerprint density at radius 3 is 2.56 bits per heavy atom. The van der Waals surface area contributed by atoms with Gasteiger partial charge in [-0.15, -0.1) is 0 Å². The second-order valence-corrected chi connectivity index (χ2v) is 12.8. The molecule has 6 rings (SSSR count). The number of rotatable bonds is 9. The summed E-state index contributed by atoms with van der Waals surface area (Å²) in [5.74, 6) is 0.785. The van der Waals surface area contributed by atoms with Crippen molar-refractivity contribution in [1.29, 1.82) is 0 Å². The predicted molar refractivity (Wildman–Crippen MR) is 147 cm³/mol. The molecular weight excluding hydrogens is 556 g/mol. The summed E-state index contributed by atoms with van der Waals surface area (Å²) in [5, 5.41) is 24.6. The monoisotopic (exact) mass is 585 g/mol. The number of alkyl halides is 2. The van der Waals surface area contributed by atoms with Crippen LogP contribution in [0.25, 0.3) is 22.5 Å². The molecular formula is C26H29F2N9O3S. The highest BCUT2D eigenvalue weighted by atomic mass is 32.2. The van der Waals surface area contributed by atoms with E-state index in [1.165, 1.54) is 37.1 Å². The molecule has 0 atom stereocenters. The molecule has 0 amide bonds. The van der Waals surface area contributed by atoms with Crippen LogP contribution in [0.3, 0.4) is 0 Å². The Kier molecular flexibility index (Phi) is 6.93. The van der Waals surface area contributed by atoms with Crippen LogP contribution in [0.4, 0.5) is 26.1 Å². The van der Waals surface area contributed by atoms with Crippen molar-refractivity contribution in [3.63, 3.8) is 0 Å². The van der Waals surface area contributed by atoms with E-state index >= 15 is 0 Å². The molecule has 0 saturated heterocycles. The van der Waals surface area contributed by atoms with Crippen molar-refractivity contribution < 1.29 is 22.3 Å². The Bertz CT molecular complexity index is 1660. The van der Waals surface area contributed by atoms with Crippen LogP contribution in [0.2, 0.25) is 0 Å². The van der Waals surface area contributed by atoms with Crippen LogP contribution in [0.1, 0.15) is 52.0 Å². The first-order valence-corrected chi connectivity index (χ1v) is 14.8. The van der Waals surface area contributed by atoms with E-state index in [4.69, 9.17) is 0 Å². The van der Waals surface area contributed by atoms with Gasteiger partial charge in [-0.25, -0.2) is 23.1 Å². The number of nitrogens with one attached hydrogen (secondary N) is 2. The Morgan fingerprint density at radius 2 is 1.85 bits per heavy atom. The van der Waals surface area contributed by atoms with Crippen LogP contribution in [-0.4, -0.2) is 64.3 Å². The third-order valence-corrected chi connectivity index (χ3v) is 9.40. The number of hydrogen-bond acceptors (Lipinski definition) is 10. The highest BCUT2D eigenvalue weighted by molar-refractivity contribution is 7.90. The summed E-state index contributed by atoms with van der Waals surface area (Å²) < 4.78 is 53.0. The lowest BCUT2D eigenvalue weighted by molar-refractivity contribution is 0.0196. The average Bonchev–Trinajstić information content (AvgIpc) is 3.48. The fraction of sp³-hybridized carbons (Fsp3) is 0.423. The molecule has 2 aliphatic rings. The molecule has 12 nitrogen and oxygen atoms in total. The van der Waals surface area contributed by atoms with E-state index in [1.54, 1.807) is 12.3 Å². The van der Waals surface area contributed by atoms with Gasteiger partial charge in [0.05, 0.1) is 47.0 Å². The van der Waals surface area contributed by atoms with E-state index in [9.17, 15) is 22.3 Å². The minimum absolute atomic E-state index is 0.0629. The Morgan fingerprint density at radius 1 is 1.07 bits per heavy atom. The van der Waals surface area contributed by atoms with Gasteiger partial charge in [0.25, 0.3) is 10.0 Å². The molecule has 2 saturated carbocycles. The van der Waals surface area contributed by atoms with Gasteiger partial charge in [0.15, 0.2) is 5.82 Å². The van der Waals surface area contributed by atoms with Crippen LogP contribution >= 0.6 is 0 Å². The first kappa shape index (κ1) is 27.2. The van der Waals surface area contributed by atoms with Crippen molar-refractivity contribution in [2.75, 3.05) is 10.6 Å². The van der Waals surface area contributed by atoms with Crippen molar-refractivity contribution in [1.82, 2.24) is 33.9 Å². The van der Waals surface area contributed by atoms with Crippen LogP contribution in [-0.2, 0) is 10.0 Å². The topological polar surface area (TPSA) is 153 Å². The van der Waals surface area contributed by atoms with E-state index in [-0.39, 0.29) is 6.04 Å². The summed E-state index contributed by atoms with van der Waals surface area (Å²) in [6, 6.07) is 3.32. The average molecular weight is 586 g/mol. The standard InChI is InChI=1S/C26H29F2N9O3S/c1-26(38)7-4-17(5-8-26)32-21-10-23(30-12-19(21)20-6-9-36(35-20)25(27)28)34-24-14-29-13-22(33-24)16-11-31-37(15-16)41(39,40)18-2-3-18/h6,9-15,17-18,25,38H,2-5,7-8H2,1H3,(H2,30,32,33,34). The predicted octanol–water partition coefficient (Wildman–Crippen LogP) is 4.18. The lowest BCUT2D eigenvalue weighted by Crippen LogP contribution is -2.35.